The lowest BCUT2D eigenvalue weighted by Crippen LogP contribution is -2.41. The first-order valence-corrected chi connectivity index (χ1v) is 11.0. The molecule has 30 heavy (non-hydrogen) atoms. The summed E-state index contributed by atoms with van der Waals surface area (Å²) in [6.45, 7) is 5.54. The Morgan fingerprint density at radius 2 is 1.87 bits per heavy atom. The van der Waals surface area contributed by atoms with Crippen LogP contribution in [0.25, 0.3) is 0 Å². The normalized spacial score (nSPS) is 15.8. The van der Waals surface area contributed by atoms with Crippen LogP contribution in [-0.2, 0) is 17.9 Å². The molecule has 1 unspecified atom stereocenters. The molecule has 158 valence electrons. The molecule has 0 aliphatic carbocycles. The number of hydrogen-bond acceptors (Lipinski definition) is 6. The molecular weight excluding hydrogens is 401 g/mol. The predicted molar refractivity (Wildman–Crippen MR) is 116 cm³/mol. The van der Waals surface area contributed by atoms with Gasteiger partial charge in [0, 0.05) is 37.6 Å². The van der Waals surface area contributed by atoms with Gasteiger partial charge in [-0.1, -0.05) is 30.3 Å². The molecule has 0 radical (unpaired) electrons. The number of ether oxygens (including phenoxy) is 2. The highest BCUT2D eigenvalue weighted by molar-refractivity contribution is 7.09. The van der Waals surface area contributed by atoms with Crippen molar-refractivity contribution in [1.82, 2.24) is 15.2 Å². The summed E-state index contributed by atoms with van der Waals surface area (Å²) in [6.07, 6.45) is 0. The van der Waals surface area contributed by atoms with Crippen LogP contribution in [0.5, 0.6) is 5.75 Å². The average molecular weight is 428 g/mol. The Hall–Kier alpha value is -2.32. The zero-order valence-electron chi connectivity index (χ0n) is 16.8. The third-order valence-corrected chi connectivity index (χ3v) is 5.92. The van der Waals surface area contributed by atoms with Crippen molar-refractivity contribution >= 4 is 11.3 Å². The Morgan fingerprint density at radius 3 is 2.63 bits per heavy atom. The summed E-state index contributed by atoms with van der Waals surface area (Å²) < 4.78 is 24.2. The molecule has 1 atom stereocenters. The Morgan fingerprint density at radius 1 is 1.10 bits per heavy atom. The second-order valence-electron chi connectivity index (χ2n) is 7.23. The Kier molecular flexibility index (Phi) is 7.42. The van der Waals surface area contributed by atoms with Crippen LogP contribution in [0.1, 0.15) is 22.3 Å². The molecule has 5 nitrogen and oxygen atoms in total. The summed E-state index contributed by atoms with van der Waals surface area (Å²) in [4.78, 5) is 7.12. The van der Waals surface area contributed by atoms with Gasteiger partial charge in [-0.15, -0.1) is 11.3 Å². The number of benzene rings is 2. The molecule has 2 heterocycles. The molecule has 0 spiro atoms. The van der Waals surface area contributed by atoms with Gasteiger partial charge in [0.25, 0.3) is 0 Å². The van der Waals surface area contributed by atoms with Crippen LogP contribution >= 0.6 is 11.3 Å². The Balaban J connectivity index is 1.33. The van der Waals surface area contributed by atoms with Gasteiger partial charge in [0.05, 0.1) is 18.9 Å². The number of halogens is 1. The molecule has 0 saturated carbocycles. The van der Waals surface area contributed by atoms with E-state index in [-0.39, 0.29) is 11.9 Å². The largest absolute Gasteiger partial charge is 0.486 e. The Bertz CT molecular complexity index is 898. The fourth-order valence-corrected chi connectivity index (χ4v) is 4.12. The standard InChI is InChI=1S/C23H26FN3O2S/c24-19-6-8-21(9-7-19)29-16-23-26-20(17-30-23)14-25-22(18-4-2-1-3-5-18)15-27-10-12-28-13-11-27/h1-9,17,22,25H,10-16H2. The summed E-state index contributed by atoms with van der Waals surface area (Å²) in [6, 6.07) is 16.8. The number of hydrogen-bond donors (Lipinski definition) is 1. The molecule has 1 N–H and O–H groups in total. The van der Waals surface area contributed by atoms with Gasteiger partial charge < -0.3 is 14.8 Å². The second-order valence-corrected chi connectivity index (χ2v) is 8.17. The first-order chi connectivity index (χ1) is 14.8. The minimum Gasteiger partial charge on any atom is -0.486 e. The van der Waals surface area contributed by atoms with E-state index in [1.165, 1.54) is 17.7 Å². The summed E-state index contributed by atoms with van der Waals surface area (Å²) in [7, 11) is 0. The van der Waals surface area contributed by atoms with Gasteiger partial charge in [0.1, 0.15) is 23.2 Å². The first kappa shape index (κ1) is 20.9. The summed E-state index contributed by atoms with van der Waals surface area (Å²) in [5.74, 6) is 0.371. The lowest BCUT2D eigenvalue weighted by atomic mass is 10.1. The van der Waals surface area contributed by atoms with Crippen molar-refractivity contribution in [2.75, 3.05) is 32.8 Å². The van der Waals surface area contributed by atoms with E-state index in [1.54, 1.807) is 23.5 Å². The number of thiazole rings is 1. The molecule has 0 amide bonds. The Labute approximate surface area is 180 Å². The monoisotopic (exact) mass is 427 g/mol. The van der Waals surface area contributed by atoms with E-state index >= 15 is 0 Å². The number of morpholine rings is 1. The molecule has 4 rings (SSSR count). The van der Waals surface area contributed by atoms with Crippen molar-refractivity contribution in [3.63, 3.8) is 0 Å². The molecule has 1 aliphatic rings. The van der Waals surface area contributed by atoms with E-state index in [0.717, 1.165) is 43.5 Å². The molecule has 0 bridgehead atoms. The second kappa shape index (κ2) is 10.6. The van der Waals surface area contributed by atoms with Gasteiger partial charge in [0.2, 0.25) is 0 Å². The van der Waals surface area contributed by atoms with Gasteiger partial charge in [-0.05, 0) is 29.8 Å². The zero-order chi connectivity index (χ0) is 20.6. The third-order valence-electron chi connectivity index (χ3n) is 5.05. The van der Waals surface area contributed by atoms with Gasteiger partial charge in [-0.25, -0.2) is 9.37 Å². The van der Waals surface area contributed by atoms with Crippen molar-refractivity contribution in [3.8, 4) is 5.75 Å². The maximum Gasteiger partial charge on any atom is 0.140 e. The lowest BCUT2D eigenvalue weighted by molar-refractivity contribution is 0.0333. The molecule has 2 aromatic carbocycles. The predicted octanol–water partition coefficient (Wildman–Crippen LogP) is 4.02. The van der Waals surface area contributed by atoms with Gasteiger partial charge in [0.15, 0.2) is 0 Å². The van der Waals surface area contributed by atoms with Gasteiger partial charge in [-0.3, -0.25) is 4.90 Å². The van der Waals surface area contributed by atoms with Crippen LogP contribution < -0.4 is 10.1 Å². The van der Waals surface area contributed by atoms with Crippen LogP contribution in [-0.4, -0.2) is 42.7 Å². The van der Waals surface area contributed by atoms with E-state index in [2.05, 4.69) is 44.8 Å². The van der Waals surface area contributed by atoms with Gasteiger partial charge >= 0.3 is 0 Å². The van der Waals surface area contributed by atoms with Crippen LogP contribution in [0, 0.1) is 5.82 Å². The minimum atomic E-state index is -0.269. The molecule has 1 aromatic heterocycles. The smallest absolute Gasteiger partial charge is 0.140 e. The number of rotatable bonds is 9. The topological polar surface area (TPSA) is 46.6 Å². The third kappa shape index (κ3) is 6.09. The number of nitrogens with one attached hydrogen (secondary N) is 1. The fourth-order valence-electron chi connectivity index (χ4n) is 3.42. The van der Waals surface area contributed by atoms with Crippen LogP contribution in [0.2, 0.25) is 0 Å². The summed E-state index contributed by atoms with van der Waals surface area (Å²) >= 11 is 1.58. The van der Waals surface area contributed by atoms with Crippen molar-refractivity contribution in [2.45, 2.75) is 19.2 Å². The van der Waals surface area contributed by atoms with E-state index in [1.807, 2.05) is 6.07 Å². The molecule has 1 fully saturated rings. The van der Waals surface area contributed by atoms with Crippen molar-refractivity contribution in [1.29, 1.82) is 0 Å². The maximum absolute atomic E-state index is 13.0. The molecular formula is C23H26FN3O2S. The first-order valence-electron chi connectivity index (χ1n) is 10.2. The highest BCUT2D eigenvalue weighted by Gasteiger charge is 2.18. The summed E-state index contributed by atoms with van der Waals surface area (Å²) in [5, 5.41) is 6.64. The van der Waals surface area contributed by atoms with Crippen molar-refractivity contribution < 1.29 is 13.9 Å². The highest BCUT2D eigenvalue weighted by Crippen LogP contribution is 2.19. The van der Waals surface area contributed by atoms with Crippen molar-refractivity contribution in [3.05, 3.63) is 82.1 Å². The van der Waals surface area contributed by atoms with E-state index in [9.17, 15) is 4.39 Å². The van der Waals surface area contributed by atoms with E-state index < -0.39 is 0 Å². The van der Waals surface area contributed by atoms with Crippen LogP contribution in [0.15, 0.2) is 60.0 Å². The zero-order valence-corrected chi connectivity index (χ0v) is 17.6. The molecule has 3 aromatic rings. The van der Waals surface area contributed by atoms with Crippen LogP contribution in [0.3, 0.4) is 0 Å². The molecule has 1 aliphatic heterocycles. The number of aromatic nitrogens is 1. The quantitative estimate of drug-likeness (QED) is 0.559. The van der Waals surface area contributed by atoms with Crippen LogP contribution in [0.4, 0.5) is 4.39 Å². The molecule has 1 saturated heterocycles. The average Bonchev–Trinajstić information content (AvgIpc) is 3.25. The summed E-state index contributed by atoms with van der Waals surface area (Å²) in [5.41, 5.74) is 2.28. The maximum atomic E-state index is 13.0. The highest BCUT2D eigenvalue weighted by atomic mass is 32.1. The van der Waals surface area contributed by atoms with E-state index in [4.69, 9.17) is 9.47 Å². The van der Waals surface area contributed by atoms with Crippen molar-refractivity contribution in [2.24, 2.45) is 0 Å². The minimum absolute atomic E-state index is 0.227. The molecule has 7 heteroatoms. The number of nitrogens with zero attached hydrogens (tertiary/aromatic N) is 2. The lowest BCUT2D eigenvalue weighted by Gasteiger charge is -2.31. The van der Waals surface area contributed by atoms with E-state index in [0.29, 0.717) is 18.9 Å². The fraction of sp³-hybridized carbons (Fsp3) is 0.348. The van der Waals surface area contributed by atoms with Gasteiger partial charge in [-0.2, -0.15) is 0 Å². The SMILES string of the molecule is Fc1ccc(OCc2nc(CNC(CN3CCOCC3)c3ccccc3)cs2)cc1.